The number of rotatable bonds is 9. The van der Waals surface area contributed by atoms with Crippen molar-refractivity contribution in [2.75, 3.05) is 13.1 Å². The Morgan fingerprint density at radius 3 is 2.37 bits per heavy atom. The van der Waals surface area contributed by atoms with E-state index in [1.807, 2.05) is 30.5 Å². The summed E-state index contributed by atoms with van der Waals surface area (Å²) in [5, 5.41) is 27.6. The first-order valence-electron chi connectivity index (χ1n) is 18.1. The normalized spacial score (nSPS) is 36.7. The predicted molar refractivity (Wildman–Crippen MR) is 195 cm³/mol. The standard InChI is InChI=1S/C40H44F3NO5S3/c1-35-14-10-28(45)23-37(35)17-18-39(30(24-37)34(46)26-6-3-7-27(22-26)40(41,42)43)31(35)11-15-36(2)32(39)12-16-38(36,47)25-44(19-13-29-8-4-20-50-29)52(48,49)33-9-5-21-51-33/h3-9,17-18,20-22,24,28,31-32,45,47H,10-16,19,23,25H2,1-2H3/t28?,31-,32-,35-,36+,37+,38-,39-/m1/s1. The minimum Gasteiger partial charge on any atom is -0.393 e. The zero-order chi connectivity index (χ0) is 37.0. The molecule has 9 rings (SSSR count). The maximum Gasteiger partial charge on any atom is 0.416 e. The molecule has 3 aromatic rings. The number of benzene rings is 1. The first-order valence-corrected chi connectivity index (χ1v) is 21.3. The minimum absolute atomic E-state index is 0.0352. The molecule has 3 fully saturated rings. The van der Waals surface area contributed by atoms with Crippen LogP contribution in [0.15, 0.2) is 87.3 Å². The van der Waals surface area contributed by atoms with Crippen LogP contribution in [0.5, 0.6) is 0 Å². The molecule has 1 aromatic carbocycles. The molecule has 6 aliphatic carbocycles. The van der Waals surface area contributed by atoms with Gasteiger partial charge in [-0.3, -0.25) is 4.79 Å². The molecule has 2 heterocycles. The van der Waals surface area contributed by atoms with Gasteiger partial charge in [-0.25, -0.2) is 8.42 Å². The van der Waals surface area contributed by atoms with Crippen molar-refractivity contribution in [3.8, 4) is 0 Å². The van der Waals surface area contributed by atoms with Crippen LogP contribution in [0.25, 0.3) is 0 Å². The lowest BCUT2D eigenvalue weighted by molar-refractivity contribution is -0.173. The molecule has 0 aliphatic heterocycles. The number of alkyl halides is 3. The molecule has 8 atom stereocenters. The van der Waals surface area contributed by atoms with Crippen LogP contribution < -0.4 is 0 Å². The number of ketones is 1. The summed E-state index contributed by atoms with van der Waals surface area (Å²) in [6, 6.07) is 11.8. The molecule has 0 radical (unpaired) electrons. The Balaban J connectivity index is 1.22. The number of thiophene rings is 2. The molecule has 0 saturated heterocycles. The number of aliphatic hydroxyl groups is 2. The van der Waals surface area contributed by atoms with E-state index in [1.165, 1.54) is 16.4 Å². The van der Waals surface area contributed by atoms with E-state index in [1.54, 1.807) is 28.8 Å². The van der Waals surface area contributed by atoms with Gasteiger partial charge in [0.05, 0.1) is 17.3 Å². The van der Waals surface area contributed by atoms with Crippen LogP contribution in [0.1, 0.15) is 79.6 Å². The van der Waals surface area contributed by atoms with Gasteiger partial charge >= 0.3 is 6.18 Å². The van der Waals surface area contributed by atoms with Crippen LogP contribution in [-0.4, -0.2) is 53.5 Å². The van der Waals surface area contributed by atoms with Crippen molar-refractivity contribution in [1.29, 1.82) is 0 Å². The average Bonchev–Trinajstić information content (AvgIpc) is 3.88. The first-order chi connectivity index (χ1) is 24.5. The summed E-state index contributed by atoms with van der Waals surface area (Å²) in [5.41, 5.74) is -4.59. The molecular weight excluding hydrogens is 728 g/mol. The summed E-state index contributed by atoms with van der Waals surface area (Å²) in [6.07, 6.45) is 5.41. The fourth-order valence-corrected chi connectivity index (χ4v) is 14.7. The van der Waals surface area contributed by atoms with E-state index in [9.17, 15) is 36.6 Å². The molecule has 12 heteroatoms. The van der Waals surface area contributed by atoms with Gasteiger partial charge in [0, 0.05) is 45.3 Å². The van der Waals surface area contributed by atoms with Crippen molar-refractivity contribution in [3.63, 3.8) is 0 Å². The molecular formula is C40H44F3NO5S3. The summed E-state index contributed by atoms with van der Waals surface area (Å²) in [6.45, 7) is 4.37. The summed E-state index contributed by atoms with van der Waals surface area (Å²) in [7, 11) is -3.94. The van der Waals surface area contributed by atoms with Crippen molar-refractivity contribution >= 4 is 38.5 Å². The third-order valence-corrected chi connectivity index (χ3v) is 18.3. The van der Waals surface area contributed by atoms with Crippen molar-refractivity contribution in [2.24, 2.45) is 33.5 Å². The van der Waals surface area contributed by atoms with E-state index in [4.69, 9.17) is 0 Å². The fourth-order valence-electron chi connectivity index (χ4n) is 11.4. The minimum atomic E-state index is -4.62. The molecule has 278 valence electrons. The molecule has 1 unspecified atom stereocenters. The summed E-state index contributed by atoms with van der Waals surface area (Å²) >= 11 is 2.70. The number of fused-ring (bicyclic) bond motifs is 1. The second kappa shape index (κ2) is 12.2. The van der Waals surface area contributed by atoms with Crippen molar-refractivity contribution in [3.05, 3.63) is 99.1 Å². The monoisotopic (exact) mass is 771 g/mol. The fraction of sp³-hybridized carbons (Fsp3) is 0.525. The Kier molecular flexibility index (Phi) is 8.53. The van der Waals surface area contributed by atoms with Gasteiger partial charge in [-0.1, -0.05) is 56.3 Å². The number of hydrogen-bond donors (Lipinski definition) is 2. The lowest BCUT2D eigenvalue weighted by atomic mass is 9.32. The second-order valence-electron chi connectivity index (χ2n) is 16.3. The highest BCUT2D eigenvalue weighted by Crippen LogP contribution is 2.78. The van der Waals surface area contributed by atoms with E-state index in [0.717, 1.165) is 34.8 Å². The predicted octanol–water partition coefficient (Wildman–Crippen LogP) is 8.54. The molecule has 3 saturated carbocycles. The van der Waals surface area contributed by atoms with Crippen LogP contribution in [0.4, 0.5) is 13.2 Å². The lowest BCUT2D eigenvalue weighted by Crippen LogP contribution is -2.67. The van der Waals surface area contributed by atoms with Gasteiger partial charge < -0.3 is 10.2 Å². The van der Waals surface area contributed by atoms with Gasteiger partial charge in [0.1, 0.15) is 4.21 Å². The quantitative estimate of drug-likeness (QED) is 0.168. The average molecular weight is 772 g/mol. The summed E-state index contributed by atoms with van der Waals surface area (Å²) in [5.74, 6) is -0.802. The molecule has 6 aliphatic rings. The highest BCUT2D eigenvalue weighted by atomic mass is 32.2. The van der Waals surface area contributed by atoms with E-state index < -0.39 is 55.5 Å². The van der Waals surface area contributed by atoms with Crippen molar-refractivity contribution in [1.82, 2.24) is 4.31 Å². The molecule has 2 N–H and O–H groups in total. The number of hydrogen-bond acceptors (Lipinski definition) is 7. The van der Waals surface area contributed by atoms with Gasteiger partial charge in [-0.05, 0) is 104 Å². The molecule has 2 bridgehead atoms. The second-order valence-corrected chi connectivity index (χ2v) is 20.5. The van der Waals surface area contributed by atoms with Crippen LogP contribution >= 0.6 is 22.7 Å². The number of allylic oxidation sites excluding steroid dienone is 4. The Morgan fingerprint density at radius 2 is 1.65 bits per heavy atom. The topological polar surface area (TPSA) is 94.9 Å². The van der Waals surface area contributed by atoms with E-state index in [0.29, 0.717) is 50.5 Å². The van der Waals surface area contributed by atoms with Crippen molar-refractivity contribution < 1.29 is 36.6 Å². The van der Waals surface area contributed by atoms with Crippen LogP contribution in [0.2, 0.25) is 0 Å². The SMILES string of the molecule is C[C@]12CC[C@H]3[C@]4(C=C[C@@]5(C=C4C(=O)c4cccc(C(F)(F)F)c4)CC(O)CC[C@]35C)[C@@H]1CC[C@@]2(O)CN(CCc1cccs1)S(=O)(=O)c1cccs1. The van der Waals surface area contributed by atoms with Gasteiger partial charge in [-0.15, -0.1) is 22.7 Å². The Morgan fingerprint density at radius 1 is 0.942 bits per heavy atom. The molecule has 6 nitrogen and oxygen atoms in total. The van der Waals surface area contributed by atoms with E-state index in [-0.39, 0.29) is 40.1 Å². The van der Waals surface area contributed by atoms with E-state index in [2.05, 4.69) is 19.1 Å². The first kappa shape index (κ1) is 36.4. The number of aliphatic hydroxyl groups excluding tert-OH is 1. The summed E-state index contributed by atoms with van der Waals surface area (Å²) < 4.78 is 71.7. The smallest absolute Gasteiger partial charge is 0.393 e. The highest BCUT2D eigenvalue weighted by molar-refractivity contribution is 7.91. The number of carbonyl (C=O) groups is 1. The largest absolute Gasteiger partial charge is 0.416 e. The molecule has 0 amide bonds. The molecule has 2 spiro atoms. The summed E-state index contributed by atoms with van der Waals surface area (Å²) in [4.78, 5) is 15.8. The maximum absolute atomic E-state index is 14.8. The number of Topliss-reactive ketones (excluding diaryl/α,β-unsaturated/α-hetero) is 1. The Bertz CT molecular complexity index is 2040. The molecule has 52 heavy (non-hydrogen) atoms. The van der Waals surface area contributed by atoms with Crippen LogP contribution in [0.3, 0.4) is 0 Å². The number of carbonyl (C=O) groups excluding carboxylic acids is 1. The van der Waals surface area contributed by atoms with Gasteiger partial charge in [0.2, 0.25) is 0 Å². The van der Waals surface area contributed by atoms with E-state index >= 15 is 0 Å². The van der Waals surface area contributed by atoms with Gasteiger partial charge in [0.25, 0.3) is 10.0 Å². The number of sulfonamides is 1. The number of nitrogens with zero attached hydrogens (tertiary/aromatic N) is 1. The third-order valence-electron chi connectivity index (χ3n) is 14.1. The zero-order valence-electron chi connectivity index (χ0n) is 29.2. The van der Waals surface area contributed by atoms with Crippen molar-refractivity contribution in [2.45, 2.75) is 87.3 Å². The Labute approximate surface area is 311 Å². The van der Waals surface area contributed by atoms with Gasteiger partial charge in [0.15, 0.2) is 5.78 Å². The highest BCUT2D eigenvalue weighted by Gasteiger charge is 2.74. The lowest BCUT2D eigenvalue weighted by Gasteiger charge is -2.71. The van der Waals surface area contributed by atoms with Crippen LogP contribution in [0, 0.1) is 33.5 Å². The van der Waals surface area contributed by atoms with Crippen LogP contribution in [-0.2, 0) is 22.6 Å². The maximum atomic E-state index is 14.8. The molecule has 2 aromatic heterocycles. The number of halogens is 3. The van der Waals surface area contributed by atoms with Gasteiger partial charge in [-0.2, -0.15) is 17.5 Å². The zero-order valence-corrected chi connectivity index (χ0v) is 31.7. The Hall–Kier alpha value is -2.61. The third kappa shape index (κ3) is 5.17.